The molecule has 0 aliphatic rings. The van der Waals surface area contributed by atoms with Gasteiger partial charge in [0.1, 0.15) is 0 Å². The molecule has 0 saturated heterocycles. The van der Waals surface area contributed by atoms with E-state index in [1.807, 2.05) is 6.92 Å². The summed E-state index contributed by atoms with van der Waals surface area (Å²) in [6, 6.07) is 0. The number of hydrogen-bond donors (Lipinski definition) is 2. The van der Waals surface area contributed by atoms with E-state index in [4.69, 9.17) is 9.47 Å². The molecule has 0 saturated carbocycles. The van der Waals surface area contributed by atoms with Crippen LogP contribution in [0.25, 0.3) is 0 Å². The molecule has 5 nitrogen and oxygen atoms in total. The van der Waals surface area contributed by atoms with Crippen molar-refractivity contribution < 1.29 is 14.3 Å². The molecule has 0 aliphatic heterocycles. The molecule has 96 valence electrons. The number of amides is 1. The molecule has 0 bridgehead atoms. The molecule has 0 atom stereocenters. The first-order valence-corrected chi connectivity index (χ1v) is 5.85. The minimum atomic E-state index is 0.0935. The number of carbonyl (C=O) groups is 1. The predicted octanol–water partition coefficient (Wildman–Crippen LogP) is 0.155. The summed E-state index contributed by atoms with van der Waals surface area (Å²) in [7, 11) is 1.68. The van der Waals surface area contributed by atoms with Crippen molar-refractivity contribution in [2.24, 2.45) is 0 Å². The van der Waals surface area contributed by atoms with Gasteiger partial charge in [-0.15, -0.1) is 0 Å². The molecule has 0 unspecified atom stereocenters. The van der Waals surface area contributed by atoms with Crippen LogP contribution in [-0.4, -0.2) is 52.5 Å². The highest BCUT2D eigenvalue weighted by molar-refractivity contribution is 5.75. The second kappa shape index (κ2) is 12.4. The molecule has 0 aliphatic carbocycles. The Morgan fingerprint density at radius 1 is 1.19 bits per heavy atom. The van der Waals surface area contributed by atoms with E-state index in [1.165, 1.54) is 0 Å². The van der Waals surface area contributed by atoms with Gasteiger partial charge in [0, 0.05) is 46.4 Å². The van der Waals surface area contributed by atoms with Gasteiger partial charge in [0.15, 0.2) is 0 Å². The lowest BCUT2D eigenvalue weighted by Gasteiger charge is -2.06. The molecule has 16 heavy (non-hydrogen) atoms. The highest BCUT2D eigenvalue weighted by Crippen LogP contribution is 1.83. The van der Waals surface area contributed by atoms with Gasteiger partial charge in [0.05, 0.1) is 6.61 Å². The molecule has 0 aromatic carbocycles. The first kappa shape index (κ1) is 15.3. The third-order valence-corrected chi connectivity index (χ3v) is 1.96. The van der Waals surface area contributed by atoms with Crippen LogP contribution in [0.4, 0.5) is 0 Å². The summed E-state index contributed by atoms with van der Waals surface area (Å²) < 4.78 is 10.2. The monoisotopic (exact) mass is 232 g/mol. The van der Waals surface area contributed by atoms with Gasteiger partial charge in [-0.1, -0.05) is 0 Å². The summed E-state index contributed by atoms with van der Waals surface area (Å²) in [4.78, 5) is 11.1. The number of methoxy groups -OCH3 is 1. The van der Waals surface area contributed by atoms with E-state index in [0.29, 0.717) is 26.1 Å². The number of ether oxygens (including phenoxy) is 2. The molecule has 0 radical (unpaired) electrons. The molecule has 1 amide bonds. The average molecular weight is 232 g/mol. The minimum absolute atomic E-state index is 0.0935. The molecule has 0 spiro atoms. The van der Waals surface area contributed by atoms with Crippen LogP contribution in [-0.2, 0) is 14.3 Å². The topological polar surface area (TPSA) is 59.6 Å². The van der Waals surface area contributed by atoms with Crippen molar-refractivity contribution in [1.82, 2.24) is 10.6 Å². The van der Waals surface area contributed by atoms with Crippen molar-refractivity contribution in [3.05, 3.63) is 0 Å². The summed E-state index contributed by atoms with van der Waals surface area (Å²) in [6.45, 7) is 6.25. The Balaban J connectivity index is 3.01. The van der Waals surface area contributed by atoms with Crippen LogP contribution in [0.5, 0.6) is 0 Å². The van der Waals surface area contributed by atoms with Gasteiger partial charge in [0.25, 0.3) is 0 Å². The standard InChI is InChI=1S/C11H24N2O3/c1-3-13-11(14)5-6-12-7-10-16-9-4-8-15-2/h12H,3-10H2,1-2H3,(H,13,14). The number of carbonyl (C=O) groups excluding carboxylic acids is 1. The second-order valence-corrected chi connectivity index (χ2v) is 3.41. The third-order valence-electron chi connectivity index (χ3n) is 1.96. The first-order valence-electron chi connectivity index (χ1n) is 5.85. The number of rotatable bonds is 11. The minimum Gasteiger partial charge on any atom is -0.385 e. The summed E-state index contributed by atoms with van der Waals surface area (Å²) in [5, 5.41) is 5.90. The lowest BCUT2D eigenvalue weighted by Crippen LogP contribution is -2.28. The Bertz CT molecular complexity index is 165. The zero-order valence-corrected chi connectivity index (χ0v) is 10.4. The van der Waals surface area contributed by atoms with E-state index >= 15 is 0 Å². The van der Waals surface area contributed by atoms with E-state index in [9.17, 15) is 4.79 Å². The van der Waals surface area contributed by atoms with Gasteiger partial charge in [0.2, 0.25) is 5.91 Å². The molecule has 2 N–H and O–H groups in total. The van der Waals surface area contributed by atoms with Crippen molar-refractivity contribution in [2.45, 2.75) is 19.8 Å². The first-order chi connectivity index (χ1) is 7.81. The largest absolute Gasteiger partial charge is 0.385 e. The van der Waals surface area contributed by atoms with Gasteiger partial charge in [-0.25, -0.2) is 0 Å². The fourth-order valence-corrected chi connectivity index (χ4v) is 1.16. The van der Waals surface area contributed by atoms with Crippen LogP contribution in [0.3, 0.4) is 0 Å². The number of hydrogen-bond acceptors (Lipinski definition) is 4. The predicted molar refractivity (Wildman–Crippen MR) is 63.5 cm³/mol. The second-order valence-electron chi connectivity index (χ2n) is 3.41. The quantitative estimate of drug-likeness (QED) is 0.498. The zero-order chi connectivity index (χ0) is 12.1. The Labute approximate surface area is 97.9 Å². The molecule has 0 rings (SSSR count). The zero-order valence-electron chi connectivity index (χ0n) is 10.4. The van der Waals surface area contributed by atoms with Gasteiger partial charge in [-0.3, -0.25) is 4.79 Å². The molecule has 0 heterocycles. The molecule has 5 heteroatoms. The summed E-state index contributed by atoms with van der Waals surface area (Å²) in [5.41, 5.74) is 0. The van der Waals surface area contributed by atoms with Crippen molar-refractivity contribution in [1.29, 1.82) is 0 Å². The Morgan fingerprint density at radius 2 is 2.00 bits per heavy atom. The Morgan fingerprint density at radius 3 is 2.69 bits per heavy atom. The summed E-state index contributed by atoms with van der Waals surface area (Å²) >= 11 is 0. The van der Waals surface area contributed by atoms with Gasteiger partial charge >= 0.3 is 0 Å². The van der Waals surface area contributed by atoms with Crippen LogP contribution in [0, 0.1) is 0 Å². The van der Waals surface area contributed by atoms with Gasteiger partial charge in [-0.05, 0) is 13.3 Å². The van der Waals surface area contributed by atoms with Crippen LogP contribution in [0.2, 0.25) is 0 Å². The number of nitrogens with one attached hydrogen (secondary N) is 2. The molecular formula is C11H24N2O3. The van der Waals surface area contributed by atoms with Gasteiger partial charge in [-0.2, -0.15) is 0 Å². The highest BCUT2D eigenvalue weighted by atomic mass is 16.5. The third kappa shape index (κ3) is 11.4. The van der Waals surface area contributed by atoms with E-state index in [2.05, 4.69) is 10.6 Å². The van der Waals surface area contributed by atoms with Crippen molar-refractivity contribution in [2.75, 3.05) is 46.6 Å². The molecule has 0 aromatic heterocycles. The van der Waals surface area contributed by atoms with Crippen LogP contribution in [0.15, 0.2) is 0 Å². The molecular weight excluding hydrogens is 208 g/mol. The lowest BCUT2D eigenvalue weighted by atomic mass is 10.4. The molecule has 0 fully saturated rings. The summed E-state index contributed by atoms with van der Waals surface area (Å²) in [6.07, 6.45) is 1.45. The maximum atomic E-state index is 11.1. The van der Waals surface area contributed by atoms with Crippen molar-refractivity contribution in [3.63, 3.8) is 0 Å². The maximum absolute atomic E-state index is 11.1. The Kier molecular flexibility index (Phi) is 11.9. The lowest BCUT2D eigenvalue weighted by molar-refractivity contribution is -0.120. The van der Waals surface area contributed by atoms with E-state index < -0.39 is 0 Å². The Hall–Kier alpha value is -0.650. The smallest absolute Gasteiger partial charge is 0.221 e. The maximum Gasteiger partial charge on any atom is 0.221 e. The average Bonchev–Trinajstić information content (AvgIpc) is 2.27. The van der Waals surface area contributed by atoms with E-state index in [-0.39, 0.29) is 5.91 Å². The highest BCUT2D eigenvalue weighted by Gasteiger charge is 1.97. The van der Waals surface area contributed by atoms with Crippen molar-refractivity contribution >= 4 is 5.91 Å². The van der Waals surface area contributed by atoms with E-state index in [1.54, 1.807) is 7.11 Å². The fraction of sp³-hybridized carbons (Fsp3) is 0.909. The fourth-order valence-electron chi connectivity index (χ4n) is 1.16. The van der Waals surface area contributed by atoms with Crippen LogP contribution in [0.1, 0.15) is 19.8 Å². The van der Waals surface area contributed by atoms with Crippen molar-refractivity contribution in [3.8, 4) is 0 Å². The summed E-state index contributed by atoms with van der Waals surface area (Å²) in [5.74, 6) is 0.0935. The van der Waals surface area contributed by atoms with E-state index in [0.717, 1.165) is 26.2 Å². The van der Waals surface area contributed by atoms with Gasteiger partial charge < -0.3 is 20.1 Å². The normalized spacial score (nSPS) is 10.4. The SMILES string of the molecule is CCNC(=O)CCNCCOCCCOC. The van der Waals surface area contributed by atoms with Crippen LogP contribution >= 0.6 is 0 Å². The van der Waals surface area contributed by atoms with Crippen LogP contribution < -0.4 is 10.6 Å². The molecule has 0 aromatic rings.